The van der Waals surface area contributed by atoms with Crippen molar-refractivity contribution in [3.8, 4) is 0 Å². The molecule has 0 saturated heterocycles. The fourth-order valence-corrected chi connectivity index (χ4v) is 1.94. The largest absolute Gasteiger partial charge is 0.398 e. The van der Waals surface area contributed by atoms with E-state index in [1.807, 2.05) is 24.3 Å². The molecule has 0 saturated carbocycles. The molecule has 0 spiro atoms. The lowest BCUT2D eigenvalue weighted by molar-refractivity contribution is -0.126. The second-order valence-corrected chi connectivity index (χ2v) is 5.56. The van der Waals surface area contributed by atoms with E-state index in [9.17, 15) is 9.59 Å². The first-order valence-corrected chi connectivity index (χ1v) is 7.70. The Morgan fingerprint density at radius 2 is 1.83 bits per heavy atom. The van der Waals surface area contributed by atoms with Gasteiger partial charge < -0.3 is 10.6 Å². The van der Waals surface area contributed by atoms with Crippen LogP contribution < -0.4 is 16.6 Å². The molecule has 0 fully saturated rings. The third-order valence-electron chi connectivity index (χ3n) is 2.86. The maximum absolute atomic E-state index is 11.8. The number of nitrogens with one attached hydrogen (secondary N) is 2. The van der Waals surface area contributed by atoms with Crippen LogP contribution in [0.5, 0.6) is 0 Å². The maximum Gasteiger partial charge on any atom is 0.279 e. The van der Waals surface area contributed by atoms with E-state index < -0.39 is 11.8 Å². The molecular weight excluding hydrogens is 376 g/mol. The van der Waals surface area contributed by atoms with Crippen molar-refractivity contribution in [2.45, 2.75) is 0 Å². The van der Waals surface area contributed by atoms with Crippen molar-refractivity contribution < 1.29 is 14.4 Å². The third kappa shape index (κ3) is 5.40. The Labute approximate surface area is 147 Å². The zero-order valence-electron chi connectivity index (χ0n) is 12.5. The van der Waals surface area contributed by atoms with Crippen LogP contribution in [0.1, 0.15) is 15.9 Å². The minimum atomic E-state index is -0.550. The van der Waals surface area contributed by atoms with E-state index in [-0.39, 0.29) is 12.2 Å². The number of halogens is 1. The Morgan fingerprint density at radius 3 is 2.54 bits per heavy atom. The average Bonchev–Trinajstić information content (AvgIpc) is 2.58. The smallest absolute Gasteiger partial charge is 0.279 e. The topological polar surface area (TPSA) is 106 Å². The van der Waals surface area contributed by atoms with Crippen LogP contribution in [0.15, 0.2) is 58.2 Å². The number of oxime groups is 1. The number of nitrogens with two attached hydrogens (primary N) is 1. The molecule has 0 aromatic heterocycles. The fraction of sp³-hybridized carbons (Fsp3) is 0.0625. The molecule has 4 N–H and O–H groups in total. The van der Waals surface area contributed by atoms with Gasteiger partial charge in [0, 0.05) is 10.2 Å². The highest BCUT2D eigenvalue weighted by Gasteiger charge is 2.09. The number of nitrogens with zero attached hydrogens (tertiary/aromatic N) is 1. The van der Waals surface area contributed by atoms with Gasteiger partial charge in [0.25, 0.3) is 11.8 Å². The second-order valence-electron chi connectivity index (χ2n) is 4.65. The summed E-state index contributed by atoms with van der Waals surface area (Å²) in [5, 5.41) is 3.68. The molecule has 0 aliphatic heterocycles. The number of amides is 2. The summed E-state index contributed by atoms with van der Waals surface area (Å²) in [6, 6.07) is 13.9. The van der Waals surface area contributed by atoms with Gasteiger partial charge in [0.2, 0.25) is 0 Å². The summed E-state index contributed by atoms with van der Waals surface area (Å²) in [5.41, 5.74) is 11.5. The molecule has 2 rings (SSSR count). The maximum atomic E-state index is 11.8. The molecule has 2 aromatic rings. The van der Waals surface area contributed by atoms with E-state index in [2.05, 4.69) is 31.9 Å². The summed E-state index contributed by atoms with van der Waals surface area (Å²) in [6.07, 6.45) is 1.48. The number of carbonyl (C=O) groups is 2. The number of para-hydroxylation sites is 1. The Morgan fingerprint density at radius 1 is 1.12 bits per heavy atom. The number of hydrazine groups is 1. The van der Waals surface area contributed by atoms with Crippen molar-refractivity contribution in [1.82, 2.24) is 10.9 Å². The highest BCUT2D eigenvalue weighted by Crippen LogP contribution is 2.10. The van der Waals surface area contributed by atoms with Crippen LogP contribution in [-0.4, -0.2) is 24.6 Å². The molecule has 0 aliphatic carbocycles. The summed E-state index contributed by atoms with van der Waals surface area (Å²) in [4.78, 5) is 28.3. The Bertz CT molecular complexity index is 747. The molecule has 24 heavy (non-hydrogen) atoms. The number of anilines is 1. The van der Waals surface area contributed by atoms with E-state index in [1.54, 1.807) is 24.3 Å². The van der Waals surface area contributed by atoms with Gasteiger partial charge in [-0.2, -0.15) is 0 Å². The summed E-state index contributed by atoms with van der Waals surface area (Å²) < 4.78 is 0.953. The molecule has 2 aromatic carbocycles. The molecule has 0 aliphatic rings. The second kappa shape index (κ2) is 8.68. The molecule has 7 nitrogen and oxygen atoms in total. The van der Waals surface area contributed by atoms with E-state index in [0.717, 1.165) is 10.0 Å². The molecule has 0 radical (unpaired) electrons. The highest BCUT2D eigenvalue weighted by atomic mass is 79.9. The van der Waals surface area contributed by atoms with E-state index >= 15 is 0 Å². The van der Waals surface area contributed by atoms with Crippen LogP contribution in [0.2, 0.25) is 0 Å². The first-order valence-electron chi connectivity index (χ1n) is 6.91. The van der Waals surface area contributed by atoms with Gasteiger partial charge in [-0.1, -0.05) is 45.4 Å². The first-order chi connectivity index (χ1) is 11.6. The lowest BCUT2D eigenvalue weighted by Gasteiger charge is -2.08. The first kappa shape index (κ1) is 17.5. The van der Waals surface area contributed by atoms with Gasteiger partial charge in [-0.25, -0.2) is 0 Å². The van der Waals surface area contributed by atoms with E-state index in [1.165, 1.54) is 6.21 Å². The van der Waals surface area contributed by atoms with Crippen LogP contribution in [0.3, 0.4) is 0 Å². The zero-order valence-corrected chi connectivity index (χ0v) is 14.1. The number of nitrogen functional groups attached to an aromatic ring is 1. The molecule has 0 unspecified atom stereocenters. The van der Waals surface area contributed by atoms with Crippen LogP contribution in [0.4, 0.5) is 5.69 Å². The molecule has 0 heterocycles. The monoisotopic (exact) mass is 390 g/mol. The van der Waals surface area contributed by atoms with Crippen molar-refractivity contribution >= 4 is 39.6 Å². The van der Waals surface area contributed by atoms with Crippen molar-refractivity contribution in [3.63, 3.8) is 0 Å². The number of hydrogen-bond donors (Lipinski definition) is 3. The Balaban J connectivity index is 1.72. The van der Waals surface area contributed by atoms with Gasteiger partial charge in [0.05, 0.1) is 11.8 Å². The fourth-order valence-electron chi connectivity index (χ4n) is 1.68. The number of carbonyl (C=O) groups excluding carboxylic acids is 2. The Kier molecular flexibility index (Phi) is 6.32. The van der Waals surface area contributed by atoms with Crippen molar-refractivity contribution in [2.24, 2.45) is 5.16 Å². The quantitative estimate of drug-likeness (QED) is 0.411. The molecule has 8 heteroatoms. The molecular formula is C16H15BrN4O3. The summed E-state index contributed by atoms with van der Waals surface area (Å²) in [7, 11) is 0. The molecule has 2 amide bonds. The Hall–Kier alpha value is -2.87. The normalized spacial score (nSPS) is 10.4. The third-order valence-corrected chi connectivity index (χ3v) is 3.39. The van der Waals surface area contributed by atoms with E-state index in [4.69, 9.17) is 10.6 Å². The lowest BCUT2D eigenvalue weighted by Crippen LogP contribution is -2.43. The van der Waals surface area contributed by atoms with Crippen molar-refractivity contribution in [2.75, 3.05) is 12.3 Å². The lowest BCUT2D eigenvalue weighted by atomic mass is 10.2. The predicted molar refractivity (Wildman–Crippen MR) is 94.2 cm³/mol. The minimum Gasteiger partial charge on any atom is -0.398 e. The minimum absolute atomic E-state index is 0.270. The molecule has 0 bridgehead atoms. The zero-order chi connectivity index (χ0) is 17.4. The average molecular weight is 391 g/mol. The van der Waals surface area contributed by atoms with E-state index in [0.29, 0.717) is 5.69 Å². The van der Waals surface area contributed by atoms with Gasteiger partial charge in [0.1, 0.15) is 0 Å². The van der Waals surface area contributed by atoms with Crippen molar-refractivity contribution in [1.29, 1.82) is 0 Å². The van der Waals surface area contributed by atoms with Gasteiger partial charge >= 0.3 is 0 Å². The summed E-state index contributed by atoms with van der Waals surface area (Å²) in [6.45, 7) is -0.336. The molecule has 124 valence electrons. The number of rotatable bonds is 5. The summed E-state index contributed by atoms with van der Waals surface area (Å²) in [5.74, 6) is -1.06. The van der Waals surface area contributed by atoms with Crippen molar-refractivity contribution in [3.05, 3.63) is 64.1 Å². The van der Waals surface area contributed by atoms with Gasteiger partial charge in [-0.05, 0) is 29.8 Å². The van der Waals surface area contributed by atoms with Gasteiger partial charge in [-0.15, -0.1) is 0 Å². The van der Waals surface area contributed by atoms with Crippen LogP contribution >= 0.6 is 15.9 Å². The number of benzene rings is 2. The highest BCUT2D eigenvalue weighted by molar-refractivity contribution is 9.10. The predicted octanol–water partition coefficient (Wildman–Crippen LogP) is 1.84. The standard InChI is InChI=1S/C16H15BrN4O3/c17-12-7-5-11(6-8-12)9-19-24-10-15(22)20-21-16(23)13-3-1-2-4-14(13)18/h1-9H,10,18H2,(H,20,22)(H,21,23). The van der Waals surface area contributed by atoms with Crippen LogP contribution in [0, 0.1) is 0 Å². The SMILES string of the molecule is Nc1ccccc1C(=O)NNC(=O)CON=Cc1ccc(Br)cc1. The van der Waals surface area contributed by atoms with Crippen LogP contribution in [0.25, 0.3) is 0 Å². The number of hydrogen-bond acceptors (Lipinski definition) is 5. The van der Waals surface area contributed by atoms with Crippen LogP contribution in [-0.2, 0) is 9.63 Å². The van der Waals surface area contributed by atoms with Gasteiger partial charge in [0.15, 0.2) is 6.61 Å². The van der Waals surface area contributed by atoms with Gasteiger partial charge in [-0.3, -0.25) is 20.4 Å². The summed E-state index contributed by atoms with van der Waals surface area (Å²) >= 11 is 3.33. The molecule has 0 atom stereocenters.